The van der Waals surface area contributed by atoms with Gasteiger partial charge in [0.2, 0.25) is 0 Å². The van der Waals surface area contributed by atoms with Gasteiger partial charge in [-0.05, 0) is 50.3 Å². The minimum absolute atomic E-state index is 0.00696. The Kier molecular flexibility index (Phi) is 4.63. The number of piperidine rings is 1. The molecule has 4 rings (SSSR count). The molecule has 1 aliphatic heterocycles. The Bertz CT molecular complexity index is 729. The van der Waals surface area contributed by atoms with Crippen molar-refractivity contribution in [2.45, 2.75) is 44.1 Å². The van der Waals surface area contributed by atoms with Crippen LogP contribution >= 0.6 is 0 Å². The predicted molar refractivity (Wildman–Crippen MR) is 97.8 cm³/mol. The van der Waals surface area contributed by atoms with Crippen molar-refractivity contribution in [1.29, 1.82) is 0 Å². The molecule has 0 radical (unpaired) electrons. The SMILES string of the molecule is O=C(NCC1CCCCN1c1ccnc(C2CC2)n1)c1ccccc1. The number of anilines is 1. The molecule has 2 aliphatic rings. The number of benzene rings is 1. The molecule has 2 fully saturated rings. The number of hydrogen-bond donors (Lipinski definition) is 1. The fourth-order valence-corrected chi connectivity index (χ4v) is 3.48. The number of carbonyl (C=O) groups is 1. The second kappa shape index (κ2) is 7.21. The largest absolute Gasteiger partial charge is 0.352 e. The molecule has 25 heavy (non-hydrogen) atoms. The molecule has 5 heteroatoms. The quantitative estimate of drug-likeness (QED) is 0.911. The minimum atomic E-state index is -0.00696. The Morgan fingerprint density at radius 1 is 1.12 bits per heavy atom. The Labute approximate surface area is 148 Å². The zero-order valence-electron chi connectivity index (χ0n) is 14.4. The van der Waals surface area contributed by atoms with E-state index in [1.165, 1.54) is 25.7 Å². The summed E-state index contributed by atoms with van der Waals surface area (Å²) in [4.78, 5) is 23.9. The molecule has 1 aliphatic carbocycles. The number of aromatic nitrogens is 2. The summed E-state index contributed by atoms with van der Waals surface area (Å²) in [5.74, 6) is 2.54. The van der Waals surface area contributed by atoms with Gasteiger partial charge in [0.25, 0.3) is 5.91 Å². The second-order valence-electron chi connectivity index (χ2n) is 6.97. The first-order valence-corrected chi connectivity index (χ1v) is 9.24. The molecule has 1 saturated heterocycles. The molecule has 1 atom stereocenters. The minimum Gasteiger partial charge on any atom is -0.352 e. The van der Waals surface area contributed by atoms with Crippen LogP contribution in [0.25, 0.3) is 0 Å². The first-order valence-electron chi connectivity index (χ1n) is 9.24. The molecule has 1 saturated carbocycles. The van der Waals surface area contributed by atoms with E-state index in [0.717, 1.165) is 24.6 Å². The number of carbonyl (C=O) groups excluding carboxylic acids is 1. The van der Waals surface area contributed by atoms with Gasteiger partial charge in [-0.2, -0.15) is 0 Å². The molecule has 1 unspecified atom stereocenters. The van der Waals surface area contributed by atoms with Gasteiger partial charge in [0.05, 0.1) is 0 Å². The predicted octanol–water partition coefficient (Wildman–Crippen LogP) is 3.14. The van der Waals surface area contributed by atoms with Crippen molar-refractivity contribution in [2.75, 3.05) is 18.0 Å². The van der Waals surface area contributed by atoms with Crippen LogP contribution in [0.15, 0.2) is 42.6 Å². The summed E-state index contributed by atoms with van der Waals surface area (Å²) < 4.78 is 0. The lowest BCUT2D eigenvalue weighted by Crippen LogP contribution is -2.47. The van der Waals surface area contributed by atoms with Crippen LogP contribution in [-0.4, -0.2) is 35.0 Å². The topological polar surface area (TPSA) is 58.1 Å². The number of rotatable bonds is 5. The lowest BCUT2D eigenvalue weighted by molar-refractivity contribution is 0.0949. The number of nitrogens with one attached hydrogen (secondary N) is 1. The van der Waals surface area contributed by atoms with Crippen molar-refractivity contribution in [2.24, 2.45) is 0 Å². The van der Waals surface area contributed by atoms with Crippen molar-refractivity contribution in [1.82, 2.24) is 15.3 Å². The maximum atomic E-state index is 12.3. The summed E-state index contributed by atoms with van der Waals surface area (Å²) in [6.45, 7) is 1.64. The average molecular weight is 336 g/mol. The van der Waals surface area contributed by atoms with E-state index in [1.807, 2.05) is 42.6 Å². The summed E-state index contributed by atoms with van der Waals surface area (Å²) in [5.41, 5.74) is 0.711. The zero-order valence-corrected chi connectivity index (χ0v) is 14.4. The van der Waals surface area contributed by atoms with Crippen LogP contribution in [-0.2, 0) is 0 Å². The van der Waals surface area contributed by atoms with E-state index in [9.17, 15) is 4.79 Å². The standard InChI is InChI=1S/C20H24N4O/c25-20(16-6-2-1-3-7-16)22-14-17-8-4-5-13-24(17)18-11-12-21-19(23-18)15-9-10-15/h1-3,6-7,11-12,15,17H,4-5,8-10,13-14H2,(H,22,25). The van der Waals surface area contributed by atoms with Crippen LogP contribution in [0.2, 0.25) is 0 Å². The Morgan fingerprint density at radius 3 is 2.76 bits per heavy atom. The van der Waals surface area contributed by atoms with Crippen molar-refractivity contribution < 1.29 is 4.79 Å². The first kappa shape index (κ1) is 16.1. The van der Waals surface area contributed by atoms with E-state index >= 15 is 0 Å². The molecule has 130 valence electrons. The highest BCUT2D eigenvalue weighted by molar-refractivity contribution is 5.94. The van der Waals surface area contributed by atoms with E-state index < -0.39 is 0 Å². The van der Waals surface area contributed by atoms with Crippen molar-refractivity contribution >= 4 is 11.7 Å². The lowest BCUT2D eigenvalue weighted by Gasteiger charge is -2.36. The van der Waals surface area contributed by atoms with Gasteiger partial charge < -0.3 is 10.2 Å². The molecule has 2 heterocycles. The summed E-state index contributed by atoms with van der Waals surface area (Å²) in [6.07, 6.45) is 7.75. The van der Waals surface area contributed by atoms with E-state index in [1.54, 1.807) is 0 Å². The van der Waals surface area contributed by atoms with Crippen molar-refractivity contribution in [3.8, 4) is 0 Å². The van der Waals surface area contributed by atoms with Crippen LogP contribution in [0.4, 0.5) is 5.82 Å². The third-order valence-electron chi connectivity index (χ3n) is 5.06. The fourth-order valence-electron chi connectivity index (χ4n) is 3.48. The van der Waals surface area contributed by atoms with Crippen molar-refractivity contribution in [3.05, 3.63) is 54.0 Å². The fraction of sp³-hybridized carbons (Fsp3) is 0.450. The number of amides is 1. The highest BCUT2D eigenvalue weighted by Gasteiger charge is 2.29. The monoisotopic (exact) mass is 336 g/mol. The highest BCUT2D eigenvalue weighted by Crippen LogP contribution is 2.38. The summed E-state index contributed by atoms with van der Waals surface area (Å²) in [6, 6.07) is 11.7. The molecule has 1 N–H and O–H groups in total. The maximum absolute atomic E-state index is 12.3. The Balaban J connectivity index is 1.44. The smallest absolute Gasteiger partial charge is 0.251 e. The molecule has 0 bridgehead atoms. The highest BCUT2D eigenvalue weighted by atomic mass is 16.1. The second-order valence-corrected chi connectivity index (χ2v) is 6.97. The van der Waals surface area contributed by atoms with E-state index in [4.69, 9.17) is 4.98 Å². The summed E-state index contributed by atoms with van der Waals surface area (Å²) in [5, 5.41) is 3.09. The van der Waals surface area contributed by atoms with Crippen LogP contribution in [0.1, 0.15) is 54.2 Å². The first-order chi connectivity index (χ1) is 12.3. The number of nitrogens with zero attached hydrogens (tertiary/aromatic N) is 3. The normalized spacial score (nSPS) is 20.3. The molecule has 5 nitrogen and oxygen atoms in total. The Hall–Kier alpha value is -2.43. The number of hydrogen-bond acceptors (Lipinski definition) is 4. The Morgan fingerprint density at radius 2 is 1.96 bits per heavy atom. The van der Waals surface area contributed by atoms with Crippen molar-refractivity contribution in [3.63, 3.8) is 0 Å². The summed E-state index contributed by atoms with van der Waals surface area (Å²) in [7, 11) is 0. The third-order valence-corrected chi connectivity index (χ3v) is 5.06. The van der Waals surface area contributed by atoms with Gasteiger partial charge in [-0.25, -0.2) is 9.97 Å². The zero-order chi connectivity index (χ0) is 17.1. The molecule has 0 spiro atoms. The van der Waals surface area contributed by atoms with Gasteiger partial charge in [-0.15, -0.1) is 0 Å². The van der Waals surface area contributed by atoms with Gasteiger partial charge in [0.1, 0.15) is 11.6 Å². The van der Waals surface area contributed by atoms with E-state index in [2.05, 4.69) is 15.2 Å². The van der Waals surface area contributed by atoms with Gasteiger partial charge in [-0.1, -0.05) is 18.2 Å². The van der Waals surface area contributed by atoms with E-state index in [0.29, 0.717) is 24.1 Å². The average Bonchev–Trinajstić information content (AvgIpc) is 3.52. The molecule has 2 aromatic rings. The van der Waals surface area contributed by atoms with Crippen LogP contribution < -0.4 is 10.2 Å². The van der Waals surface area contributed by atoms with Gasteiger partial charge >= 0.3 is 0 Å². The third kappa shape index (κ3) is 3.81. The van der Waals surface area contributed by atoms with Gasteiger partial charge in [0, 0.05) is 36.8 Å². The van der Waals surface area contributed by atoms with Crippen LogP contribution in [0.3, 0.4) is 0 Å². The maximum Gasteiger partial charge on any atom is 0.251 e. The van der Waals surface area contributed by atoms with Crippen LogP contribution in [0, 0.1) is 0 Å². The molecule has 1 aromatic heterocycles. The molecule has 1 amide bonds. The molecular weight excluding hydrogens is 312 g/mol. The van der Waals surface area contributed by atoms with Gasteiger partial charge in [0.15, 0.2) is 0 Å². The summed E-state index contributed by atoms with van der Waals surface area (Å²) >= 11 is 0. The van der Waals surface area contributed by atoms with Gasteiger partial charge in [-0.3, -0.25) is 4.79 Å². The van der Waals surface area contributed by atoms with Crippen LogP contribution in [0.5, 0.6) is 0 Å². The molecular formula is C20H24N4O. The molecule has 1 aromatic carbocycles. The lowest BCUT2D eigenvalue weighted by atomic mass is 10.0. The van der Waals surface area contributed by atoms with E-state index in [-0.39, 0.29) is 5.91 Å².